The molecule has 0 aliphatic rings. The maximum atomic E-state index is 4.23. The van der Waals surface area contributed by atoms with Gasteiger partial charge in [-0.1, -0.05) is 54.6 Å². The van der Waals surface area contributed by atoms with E-state index in [1.54, 1.807) is 6.20 Å². The van der Waals surface area contributed by atoms with Crippen LogP contribution in [0.1, 0.15) is 12.0 Å². The summed E-state index contributed by atoms with van der Waals surface area (Å²) >= 11 is 0. The summed E-state index contributed by atoms with van der Waals surface area (Å²) in [6.07, 6.45) is 3.73. The number of hydrogen-bond donors (Lipinski definition) is 0. The van der Waals surface area contributed by atoms with E-state index >= 15 is 0 Å². The van der Waals surface area contributed by atoms with Crippen LogP contribution < -0.4 is 0 Å². The van der Waals surface area contributed by atoms with Gasteiger partial charge in [-0.05, 0) is 18.4 Å². The fourth-order valence-electron chi connectivity index (χ4n) is 2.20. The quantitative estimate of drug-likeness (QED) is 0.514. The largest absolute Gasteiger partial charge is 0.203 e. The molecule has 104 valence electrons. The van der Waals surface area contributed by atoms with E-state index in [1.165, 1.54) is 5.56 Å². The van der Waals surface area contributed by atoms with Gasteiger partial charge in [0.1, 0.15) is 0 Å². The number of aromatic nitrogens is 2. The van der Waals surface area contributed by atoms with Crippen LogP contribution >= 0.6 is 0 Å². The molecule has 0 unspecified atom stereocenters. The maximum absolute atomic E-state index is 4.23. The number of nitrogens with zero attached hydrogens (tertiary/aromatic N) is 4. The van der Waals surface area contributed by atoms with Crippen molar-refractivity contribution in [1.82, 2.24) is 10.2 Å². The summed E-state index contributed by atoms with van der Waals surface area (Å²) in [4.78, 5) is 0. The van der Waals surface area contributed by atoms with Crippen molar-refractivity contribution in [3.63, 3.8) is 0 Å². The Morgan fingerprint density at radius 3 is 2.62 bits per heavy atom. The Morgan fingerprint density at radius 2 is 1.71 bits per heavy atom. The van der Waals surface area contributed by atoms with Crippen molar-refractivity contribution in [3.05, 3.63) is 66.4 Å². The van der Waals surface area contributed by atoms with Gasteiger partial charge in [-0.15, -0.1) is 10.2 Å². The van der Waals surface area contributed by atoms with Gasteiger partial charge in [-0.3, -0.25) is 0 Å². The highest BCUT2D eigenvalue weighted by Gasteiger charge is 2.00. The van der Waals surface area contributed by atoms with E-state index in [0.29, 0.717) is 12.4 Å². The zero-order chi connectivity index (χ0) is 14.3. The van der Waals surface area contributed by atoms with Gasteiger partial charge in [0, 0.05) is 10.8 Å². The van der Waals surface area contributed by atoms with E-state index in [4.69, 9.17) is 0 Å². The molecular weight excluding hydrogens is 260 g/mol. The first-order chi connectivity index (χ1) is 10.4. The fraction of sp³-hybridized carbons (Fsp3) is 0.176. The first kappa shape index (κ1) is 13.4. The fourth-order valence-corrected chi connectivity index (χ4v) is 2.20. The van der Waals surface area contributed by atoms with Crippen LogP contribution in [0.4, 0.5) is 5.82 Å². The minimum atomic E-state index is 0.591. The van der Waals surface area contributed by atoms with Gasteiger partial charge in [-0.25, -0.2) is 0 Å². The molecule has 0 saturated carbocycles. The van der Waals surface area contributed by atoms with E-state index in [1.807, 2.05) is 30.3 Å². The second-order valence-corrected chi connectivity index (χ2v) is 4.81. The minimum absolute atomic E-state index is 0.591. The van der Waals surface area contributed by atoms with Crippen LogP contribution in [0.5, 0.6) is 0 Å². The third kappa shape index (κ3) is 3.48. The standard InChI is InChI=1S/C17H16N4/c1-2-7-14(8-3-1)9-6-12-18-20-17-16-11-5-4-10-15(16)13-19-21-17/h1-5,7-8,10-11,13H,6,9,12H2. The van der Waals surface area contributed by atoms with Crippen LogP contribution in [-0.2, 0) is 6.42 Å². The van der Waals surface area contributed by atoms with Crippen LogP contribution in [0.25, 0.3) is 10.8 Å². The van der Waals surface area contributed by atoms with Crippen LogP contribution in [0.3, 0.4) is 0 Å². The summed E-state index contributed by atoms with van der Waals surface area (Å²) in [5.41, 5.74) is 1.33. The summed E-state index contributed by atoms with van der Waals surface area (Å²) in [7, 11) is 0. The number of fused-ring (bicyclic) bond motifs is 1. The summed E-state index contributed by atoms with van der Waals surface area (Å²) < 4.78 is 0. The SMILES string of the molecule is c1ccc(CCCN=Nc2nncc3ccccc23)cc1. The van der Waals surface area contributed by atoms with Crippen molar-refractivity contribution in [3.8, 4) is 0 Å². The second kappa shape index (κ2) is 6.70. The predicted molar refractivity (Wildman–Crippen MR) is 83.7 cm³/mol. The smallest absolute Gasteiger partial charge is 0.187 e. The molecule has 0 atom stereocenters. The molecule has 1 aromatic heterocycles. The molecule has 3 rings (SSSR count). The highest BCUT2D eigenvalue weighted by atomic mass is 15.2. The molecule has 4 heteroatoms. The van der Waals surface area contributed by atoms with Gasteiger partial charge < -0.3 is 0 Å². The molecule has 0 fully saturated rings. The monoisotopic (exact) mass is 276 g/mol. The van der Waals surface area contributed by atoms with Gasteiger partial charge in [0.25, 0.3) is 0 Å². The zero-order valence-corrected chi connectivity index (χ0v) is 11.7. The van der Waals surface area contributed by atoms with Gasteiger partial charge in [0.2, 0.25) is 5.82 Å². The first-order valence-electron chi connectivity index (χ1n) is 7.05. The maximum Gasteiger partial charge on any atom is 0.203 e. The van der Waals surface area contributed by atoms with Crippen molar-refractivity contribution in [2.45, 2.75) is 12.8 Å². The number of azo groups is 1. The third-order valence-electron chi connectivity index (χ3n) is 3.28. The van der Waals surface area contributed by atoms with Crippen LogP contribution in [0.15, 0.2) is 71.0 Å². The molecule has 4 nitrogen and oxygen atoms in total. The zero-order valence-electron chi connectivity index (χ0n) is 11.7. The number of rotatable bonds is 5. The molecule has 0 spiro atoms. The third-order valence-corrected chi connectivity index (χ3v) is 3.28. The Hall–Kier alpha value is -2.62. The van der Waals surface area contributed by atoms with Crippen LogP contribution in [-0.4, -0.2) is 16.7 Å². The normalized spacial score (nSPS) is 11.2. The van der Waals surface area contributed by atoms with Crippen molar-refractivity contribution < 1.29 is 0 Å². The van der Waals surface area contributed by atoms with Gasteiger partial charge >= 0.3 is 0 Å². The molecule has 0 radical (unpaired) electrons. The lowest BCUT2D eigenvalue weighted by atomic mass is 10.1. The molecule has 0 saturated heterocycles. The molecule has 0 bridgehead atoms. The minimum Gasteiger partial charge on any atom is -0.187 e. The van der Waals surface area contributed by atoms with Crippen LogP contribution in [0, 0.1) is 0 Å². The van der Waals surface area contributed by atoms with E-state index in [2.05, 4.69) is 44.7 Å². The molecule has 21 heavy (non-hydrogen) atoms. The Morgan fingerprint density at radius 1 is 0.905 bits per heavy atom. The lowest BCUT2D eigenvalue weighted by molar-refractivity contribution is 0.797. The molecule has 0 amide bonds. The first-order valence-corrected chi connectivity index (χ1v) is 7.05. The Kier molecular flexibility index (Phi) is 4.27. The summed E-state index contributed by atoms with van der Waals surface area (Å²) in [5, 5.41) is 18.5. The highest BCUT2D eigenvalue weighted by molar-refractivity contribution is 5.89. The molecule has 0 N–H and O–H groups in total. The Labute approximate surface area is 123 Å². The second-order valence-electron chi connectivity index (χ2n) is 4.81. The van der Waals surface area contributed by atoms with Crippen molar-refractivity contribution >= 4 is 16.6 Å². The average molecular weight is 276 g/mol. The Balaban J connectivity index is 1.61. The molecule has 3 aromatic rings. The molecular formula is C17H16N4. The van der Waals surface area contributed by atoms with E-state index < -0.39 is 0 Å². The molecule has 1 heterocycles. The lowest BCUT2D eigenvalue weighted by Crippen LogP contribution is -1.87. The van der Waals surface area contributed by atoms with Crippen molar-refractivity contribution in [2.75, 3.05) is 6.54 Å². The Bertz CT molecular complexity index is 733. The van der Waals surface area contributed by atoms with Crippen LogP contribution in [0.2, 0.25) is 0 Å². The summed E-state index contributed by atoms with van der Waals surface area (Å²) in [6.45, 7) is 0.694. The topological polar surface area (TPSA) is 50.5 Å². The number of hydrogen-bond acceptors (Lipinski definition) is 4. The van der Waals surface area contributed by atoms with Gasteiger partial charge in [-0.2, -0.15) is 10.2 Å². The number of benzene rings is 2. The summed E-state index contributed by atoms with van der Waals surface area (Å²) in [6, 6.07) is 18.3. The molecule has 2 aromatic carbocycles. The van der Waals surface area contributed by atoms with Crippen molar-refractivity contribution in [1.29, 1.82) is 0 Å². The van der Waals surface area contributed by atoms with E-state index in [9.17, 15) is 0 Å². The number of aryl methyl sites for hydroxylation is 1. The highest BCUT2D eigenvalue weighted by Crippen LogP contribution is 2.21. The van der Waals surface area contributed by atoms with Gasteiger partial charge in [0.05, 0.1) is 12.7 Å². The molecule has 0 aliphatic carbocycles. The predicted octanol–water partition coefficient (Wildman–Crippen LogP) is 4.35. The van der Waals surface area contributed by atoms with Gasteiger partial charge in [0.15, 0.2) is 0 Å². The van der Waals surface area contributed by atoms with E-state index in [-0.39, 0.29) is 0 Å². The molecule has 0 aliphatic heterocycles. The van der Waals surface area contributed by atoms with Crippen molar-refractivity contribution in [2.24, 2.45) is 10.2 Å². The lowest BCUT2D eigenvalue weighted by Gasteiger charge is -1.99. The summed E-state index contributed by atoms with van der Waals surface area (Å²) in [5.74, 6) is 0.591. The van der Waals surface area contributed by atoms with E-state index in [0.717, 1.165) is 23.6 Å². The average Bonchev–Trinajstić information content (AvgIpc) is 2.56.